The number of hydrogen-bond donors (Lipinski definition) is 0. The van der Waals surface area contributed by atoms with Crippen LogP contribution in [0.25, 0.3) is 0 Å². The Labute approximate surface area is 92.5 Å². The summed E-state index contributed by atoms with van der Waals surface area (Å²) in [5.74, 6) is 0. The van der Waals surface area contributed by atoms with E-state index in [1.54, 1.807) is 20.8 Å². The minimum atomic E-state index is -10.4. The molecule has 0 saturated carbocycles. The van der Waals surface area contributed by atoms with Gasteiger partial charge in [0.2, 0.25) is 0 Å². The average Bonchev–Trinajstić information content (AvgIpc) is 1.99. The quantitative estimate of drug-likeness (QED) is 0.530. The molecule has 0 fully saturated rings. The normalized spacial score (nSPS) is 17.8. The molecule has 0 aromatic heterocycles. The van der Waals surface area contributed by atoms with E-state index in [4.69, 9.17) is 0 Å². The fourth-order valence-electron chi connectivity index (χ4n) is 1.21. The van der Waals surface area contributed by atoms with Crippen molar-refractivity contribution in [2.75, 3.05) is 0 Å². The Morgan fingerprint density at radius 1 is 0.812 bits per heavy atom. The van der Waals surface area contributed by atoms with Gasteiger partial charge in [-0.25, -0.2) is 0 Å². The third kappa shape index (κ3) is 3.32. The van der Waals surface area contributed by atoms with Crippen LogP contribution in [-0.2, 0) is 5.41 Å². The van der Waals surface area contributed by atoms with Gasteiger partial charge in [-0.15, -0.1) is 0 Å². The third-order valence-electron chi connectivity index (χ3n) is 2.17. The van der Waals surface area contributed by atoms with E-state index in [2.05, 4.69) is 0 Å². The van der Waals surface area contributed by atoms with Gasteiger partial charge in [0.05, 0.1) is 0 Å². The molecule has 0 saturated heterocycles. The van der Waals surface area contributed by atoms with E-state index in [0.29, 0.717) is 17.7 Å². The molecular formula is C10H13F5Te. The first-order chi connectivity index (χ1) is 6.70. The van der Waals surface area contributed by atoms with Crippen LogP contribution in [0.2, 0.25) is 0 Å². The molecule has 0 aliphatic heterocycles. The van der Waals surface area contributed by atoms with Gasteiger partial charge in [-0.3, -0.25) is 0 Å². The van der Waals surface area contributed by atoms with Crippen molar-refractivity contribution < 1.29 is 14.5 Å². The summed E-state index contributed by atoms with van der Waals surface area (Å²) < 4.78 is 60.5. The van der Waals surface area contributed by atoms with Gasteiger partial charge < -0.3 is 0 Å². The van der Waals surface area contributed by atoms with E-state index in [9.17, 15) is 14.5 Å². The predicted octanol–water partition coefficient (Wildman–Crippen LogP) is 3.88. The zero-order valence-corrected chi connectivity index (χ0v) is 11.4. The van der Waals surface area contributed by atoms with Crippen LogP contribution >= 0.6 is 0 Å². The molecule has 1 aromatic carbocycles. The Kier molecular flexibility index (Phi) is 2.50. The van der Waals surface area contributed by atoms with Gasteiger partial charge in [0.25, 0.3) is 0 Å². The summed E-state index contributed by atoms with van der Waals surface area (Å²) in [5.41, 5.74) is 0.236. The van der Waals surface area contributed by atoms with Gasteiger partial charge in [0.1, 0.15) is 0 Å². The molecule has 0 spiro atoms. The van der Waals surface area contributed by atoms with Crippen molar-refractivity contribution in [2.24, 2.45) is 0 Å². The molecule has 1 rings (SSSR count). The predicted molar refractivity (Wildman–Crippen MR) is 56.1 cm³/mol. The molecule has 16 heavy (non-hydrogen) atoms. The topological polar surface area (TPSA) is 0 Å². The fourth-order valence-corrected chi connectivity index (χ4v) is 3.07. The van der Waals surface area contributed by atoms with Crippen LogP contribution in [0.1, 0.15) is 26.3 Å². The first-order valence-corrected chi connectivity index (χ1v) is 10.1. The first-order valence-electron chi connectivity index (χ1n) is 4.55. The van der Waals surface area contributed by atoms with E-state index in [0.717, 1.165) is 12.1 Å². The number of benzene rings is 1. The monoisotopic (exact) mass is 358 g/mol. The molecule has 0 atom stereocenters. The van der Waals surface area contributed by atoms with Gasteiger partial charge in [-0.2, -0.15) is 0 Å². The van der Waals surface area contributed by atoms with E-state index >= 15 is 0 Å². The van der Waals surface area contributed by atoms with Crippen molar-refractivity contribution in [3.05, 3.63) is 29.8 Å². The van der Waals surface area contributed by atoms with Crippen LogP contribution < -0.4 is 3.61 Å². The molecule has 1 aromatic rings. The van der Waals surface area contributed by atoms with Crippen LogP contribution in [-0.4, -0.2) is 18.3 Å². The molecular weight excluding hydrogens is 343 g/mol. The molecule has 0 aliphatic rings. The maximum atomic E-state index is 12.4. The molecule has 94 valence electrons. The van der Waals surface area contributed by atoms with Gasteiger partial charge in [0, 0.05) is 0 Å². The Morgan fingerprint density at radius 3 is 1.44 bits per heavy atom. The van der Waals surface area contributed by atoms with Crippen LogP contribution in [0.4, 0.5) is 14.5 Å². The zero-order valence-electron chi connectivity index (χ0n) is 9.11. The van der Waals surface area contributed by atoms with Gasteiger partial charge in [-0.05, 0) is 0 Å². The van der Waals surface area contributed by atoms with Crippen molar-refractivity contribution in [1.82, 2.24) is 0 Å². The Bertz CT molecular complexity index is 395. The van der Waals surface area contributed by atoms with Gasteiger partial charge >= 0.3 is 92.4 Å². The standard InChI is InChI=1S/C10H13F5Te/c1-10(2,3)8-4-6-9(7-5-8)16(11,12,13,14)15/h4-7H,1-3H3. The fraction of sp³-hybridized carbons (Fsp3) is 0.400. The van der Waals surface area contributed by atoms with E-state index in [1.807, 2.05) is 0 Å². The number of hydrogen-bond acceptors (Lipinski definition) is 0. The van der Waals surface area contributed by atoms with Crippen molar-refractivity contribution in [2.45, 2.75) is 26.2 Å². The second-order valence-corrected chi connectivity index (χ2v) is 11.6. The SMILES string of the molecule is CC(C)(C)c1ccc([Te](F)(F)(F)(F)F)cc1. The molecule has 0 N–H and O–H groups in total. The summed E-state index contributed by atoms with van der Waals surface area (Å²) in [4.78, 5) is 0. The molecule has 0 unspecified atom stereocenters. The molecule has 0 heterocycles. The van der Waals surface area contributed by atoms with Crippen molar-refractivity contribution in [3.63, 3.8) is 0 Å². The maximum absolute atomic E-state index is 12.4. The average molecular weight is 356 g/mol. The van der Waals surface area contributed by atoms with E-state index in [1.165, 1.54) is 0 Å². The summed E-state index contributed by atoms with van der Waals surface area (Å²) in [6.45, 7) is 5.40. The summed E-state index contributed by atoms with van der Waals surface area (Å²) in [7, 11) is 0. The summed E-state index contributed by atoms with van der Waals surface area (Å²) >= 11 is -10.4. The molecule has 0 aliphatic carbocycles. The minimum absolute atomic E-state index is 0.357. The summed E-state index contributed by atoms with van der Waals surface area (Å²) in [6.07, 6.45) is 0. The zero-order chi connectivity index (χ0) is 12.9. The third-order valence-corrected chi connectivity index (χ3v) is 5.49. The van der Waals surface area contributed by atoms with Crippen LogP contribution in [0.15, 0.2) is 24.3 Å². The second-order valence-electron chi connectivity index (χ2n) is 4.74. The van der Waals surface area contributed by atoms with Crippen molar-refractivity contribution >= 4 is 21.9 Å². The number of halogens is 5. The van der Waals surface area contributed by atoms with E-state index in [-0.39, 0.29) is 5.41 Å². The van der Waals surface area contributed by atoms with Crippen LogP contribution in [0, 0.1) is 0 Å². The van der Waals surface area contributed by atoms with Crippen molar-refractivity contribution in [1.29, 1.82) is 0 Å². The Balaban J connectivity index is 3.27. The second kappa shape index (κ2) is 2.91. The Morgan fingerprint density at radius 2 is 1.19 bits per heavy atom. The number of rotatable bonds is 1. The molecule has 6 heteroatoms. The van der Waals surface area contributed by atoms with E-state index < -0.39 is 21.9 Å². The first kappa shape index (κ1) is 13.7. The Hall–Kier alpha value is -0.340. The van der Waals surface area contributed by atoms with Crippen molar-refractivity contribution in [3.8, 4) is 0 Å². The molecule has 0 radical (unpaired) electrons. The molecule has 0 amide bonds. The van der Waals surface area contributed by atoms with Gasteiger partial charge in [0.15, 0.2) is 0 Å². The molecule has 0 bridgehead atoms. The van der Waals surface area contributed by atoms with Gasteiger partial charge in [-0.1, -0.05) is 0 Å². The van der Waals surface area contributed by atoms with Crippen LogP contribution in [0.3, 0.4) is 0 Å². The van der Waals surface area contributed by atoms with Crippen LogP contribution in [0.5, 0.6) is 0 Å². The summed E-state index contributed by atoms with van der Waals surface area (Å²) in [5, 5.41) is 0. The molecule has 0 nitrogen and oxygen atoms in total. The summed E-state index contributed by atoms with van der Waals surface area (Å²) in [6, 6.07) is 3.17.